The summed E-state index contributed by atoms with van der Waals surface area (Å²) in [5, 5.41) is 1.24. The van der Waals surface area contributed by atoms with Crippen molar-refractivity contribution >= 4 is 22.0 Å². The van der Waals surface area contributed by atoms with Gasteiger partial charge in [-0.05, 0) is 30.2 Å². The van der Waals surface area contributed by atoms with E-state index in [1.807, 2.05) is 60.7 Å². The molecule has 6 nitrogen and oxygen atoms in total. The maximum Gasteiger partial charge on any atom is 0.236 e. The van der Waals surface area contributed by atoms with Crippen molar-refractivity contribution in [2.45, 2.75) is 12.8 Å². The van der Waals surface area contributed by atoms with Gasteiger partial charge in [-0.25, -0.2) is 8.42 Å². The van der Waals surface area contributed by atoms with Gasteiger partial charge >= 0.3 is 0 Å². The minimum atomic E-state index is -3.49. The molecule has 0 spiro atoms. The van der Waals surface area contributed by atoms with Crippen molar-refractivity contribution in [1.29, 1.82) is 0 Å². The zero-order chi connectivity index (χ0) is 20.5. The normalized spacial score (nSPS) is 15.5. The van der Waals surface area contributed by atoms with Gasteiger partial charge in [0.1, 0.15) is 5.75 Å². The Hall–Kier alpha value is -2.64. The molecule has 3 rings (SSSR count). The first-order valence-corrected chi connectivity index (χ1v) is 11.2. The predicted molar refractivity (Wildman–Crippen MR) is 114 cm³/mol. The Morgan fingerprint density at radius 1 is 0.931 bits per heavy atom. The number of amides is 1. The van der Waals surface area contributed by atoms with Crippen molar-refractivity contribution < 1.29 is 17.9 Å². The number of hydrogen-bond donors (Lipinski definition) is 0. The summed E-state index contributed by atoms with van der Waals surface area (Å²) in [5.74, 6) is 0.834. The van der Waals surface area contributed by atoms with E-state index in [-0.39, 0.29) is 5.91 Å². The molecule has 1 aliphatic heterocycles. The van der Waals surface area contributed by atoms with Gasteiger partial charge in [0.2, 0.25) is 15.9 Å². The molecular weight excluding hydrogens is 388 g/mol. The highest BCUT2D eigenvalue weighted by molar-refractivity contribution is 7.92. The molecule has 7 heteroatoms. The molecule has 0 saturated carbocycles. The number of ether oxygens (including phenoxy) is 1. The molecule has 0 aliphatic carbocycles. The van der Waals surface area contributed by atoms with E-state index < -0.39 is 10.0 Å². The molecule has 0 radical (unpaired) electrons. The van der Waals surface area contributed by atoms with E-state index in [9.17, 15) is 13.2 Å². The molecule has 2 aromatic rings. The van der Waals surface area contributed by atoms with E-state index in [0.717, 1.165) is 11.3 Å². The SMILES string of the molecule is O=C(CCCOc1ccccc1)N1CCN(S(=O)(=O)C=Cc2ccccc2)CC1. The fourth-order valence-corrected chi connectivity index (χ4v) is 4.27. The van der Waals surface area contributed by atoms with Crippen molar-refractivity contribution in [1.82, 2.24) is 9.21 Å². The van der Waals surface area contributed by atoms with Gasteiger partial charge in [-0.15, -0.1) is 0 Å². The first-order valence-electron chi connectivity index (χ1n) is 9.73. The number of hydrogen-bond acceptors (Lipinski definition) is 4. The lowest BCUT2D eigenvalue weighted by atomic mass is 10.2. The predicted octanol–water partition coefficient (Wildman–Crippen LogP) is 2.99. The van der Waals surface area contributed by atoms with Crippen LogP contribution in [0, 0.1) is 0 Å². The van der Waals surface area contributed by atoms with Crippen LogP contribution in [0.3, 0.4) is 0 Å². The number of carbonyl (C=O) groups is 1. The van der Waals surface area contributed by atoms with Crippen LogP contribution in [0.2, 0.25) is 0 Å². The van der Waals surface area contributed by atoms with E-state index in [2.05, 4.69) is 0 Å². The lowest BCUT2D eigenvalue weighted by molar-refractivity contribution is -0.132. The minimum absolute atomic E-state index is 0.0403. The van der Waals surface area contributed by atoms with Crippen molar-refractivity contribution in [3.05, 3.63) is 71.6 Å². The zero-order valence-electron chi connectivity index (χ0n) is 16.3. The molecule has 2 aromatic carbocycles. The van der Waals surface area contributed by atoms with Crippen LogP contribution in [0.5, 0.6) is 5.75 Å². The largest absolute Gasteiger partial charge is 0.494 e. The first-order chi connectivity index (χ1) is 14.0. The van der Waals surface area contributed by atoms with Gasteiger partial charge in [-0.3, -0.25) is 4.79 Å². The molecule has 1 fully saturated rings. The van der Waals surface area contributed by atoms with Gasteiger partial charge in [-0.2, -0.15) is 4.31 Å². The van der Waals surface area contributed by atoms with Crippen LogP contribution in [0.4, 0.5) is 0 Å². The number of sulfonamides is 1. The zero-order valence-corrected chi connectivity index (χ0v) is 17.1. The maximum absolute atomic E-state index is 12.5. The lowest BCUT2D eigenvalue weighted by Crippen LogP contribution is -2.50. The van der Waals surface area contributed by atoms with Gasteiger partial charge in [0.15, 0.2) is 0 Å². The van der Waals surface area contributed by atoms with Gasteiger partial charge < -0.3 is 9.64 Å². The summed E-state index contributed by atoms with van der Waals surface area (Å²) in [6.07, 6.45) is 2.62. The number of piperazine rings is 1. The number of para-hydroxylation sites is 1. The number of rotatable bonds is 8. The topological polar surface area (TPSA) is 66.9 Å². The number of benzene rings is 2. The third-order valence-corrected chi connectivity index (χ3v) is 6.30. The summed E-state index contributed by atoms with van der Waals surface area (Å²) >= 11 is 0. The molecule has 29 heavy (non-hydrogen) atoms. The van der Waals surface area contributed by atoms with E-state index in [1.54, 1.807) is 11.0 Å². The van der Waals surface area contributed by atoms with Crippen LogP contribution in [0.1, 0.15) is 18.4 Å². The highest BCUT2D eigenvalue weighted by Gasteiger charge is 2.27. The fourth-order valence-electron chi connectivity index (χ4n) is 3.09. The van der Waals surface area contributed by atoms with Gasteiger partial charge in [-0.1, -0.05) is 48.5 Å². The molecule has 1 aliphatic rings. The Bertz CT molecular complexity index is 906. The summed E-state index contributed by atoms with van der Waals surface area (Å²) < 4.78 is 32.0. The second kappa shape index (κ2) is 10.2. The Kier molecular flexibility index (Phi) is 7.43. The third kappa shape index (κ3) is 6.44. The summed E-state index contributed by atoms with van der Waals surface area (Å²) in [6.45, 7) is 1.93. The van der Waals surface area contributed by atoms with Crippen LogP contribution >= 0.6 is 0 Å². The summed E-state index contributed by atoms with van der Waals surface area (Å²) in [7, 11) is -3.49. The average molecular weight is 415 g/mol. The maximum atomic E-state index is 12.5. The molecule has 0 aromatic heterocycles. The fraction of sp³-hybridized carbons (Fsp3) is 0.318. The molecular formula is C22H26N2O4S. The van der Waals surface area contributed by atoms with Crippen molar-refractivity contribution in [2.24, 2.45) is 0 Å². The second-order valence-electron chi connectivity index (χ2n) is 6.80. The first kappa shape index (κ1) is 21.1. The van der Waals surface area contributed by atoms with Crippen LogP contribution < -0.4 is 4.74 Å². The minimum Gasteiger partial charge on any atom is -0.494 e. The molecule has 0 unspecified atom stereocenters. The van der Waals surface area contributed by atoms with Crippen molar-refractivity contribution in [3.8, 4) is 5.75 Å². The standard InChI is InChI=1S/C22H26N2O4S/c25-22(12-7-18-28-21-10-5-2-6-11-21)23-14-16-24(17-15-23)29(26,27)19-13-20-8-3-1-4-9-20/h1-6,8-11,13,19H,7,12,14-18H2. The van der Waals surface area contributed by atoms with Gasteiger partial charge in [0, 0.05) is 38.0 Å². The van der Waals surface area contributed by atoms with E-state index >= 15 is 0 Å². The highest BCUT2D eigenvalue weighted by atomic mass is 32.2. The Morgan fingerprint density at radius 3 is 2.21 bits per heavy atom. The van der Waals surface area contributed by atoms with Crippen molar-refractivity contribution in [3.63, 3.8) is 0 Å². The molecule has 0 atom stereocenters. The molecule has 0 N–H and O–H groups in total. The van der Waals surface area contributed by atoms with Gasteiger partial charge in [0.25, 0.3) is 0 Å². The quantitative estimate of drug-likeness (QED) is 0.623. The van der Waals surface area contributed by atoms with Crippen LogP contribution in [-0.2, 0) is 14.8 Å². The second-order valence-corrected chi connectivity index (χ2v) is 8.62. The van der Waals surface area contributed by atoms with Crippen LogP contribution in [-0.4, -0.2) is 56.3 Å². The van der Waals surface area contributed by atoms with Gasteiger partial charge in [0.05, 0.1) is 6.61 Å². The molecule has 1 amide bonds. The summed E-state index contributed by atoms with van der Waals surface area (Å²) in [5.41, 5.74) is 0.836. The van der Waals surface area contributed by atoms with Crippen LogP contribution in [0.25, 0.3) is 6.08 Å². The number of nitrogens with zero attached hydrogens (tertiary/aromatic N) is 2. The van der Waals surface area contributed by atoms with E-state index in [0.29, 0.717) is 45.6 Å². The highest BCUT2D eigenvalue weighted by Crippen LogP contribution is 2.13. The number of carbonyl (C=O) groups excluding carboxylic acids is 1. The monoisotopic (exact) mass is 414 g/mol. The molecule has 1 heterocycles. The average Bonchev–Trinajstić information content (AvgIpc) is 2.77. The van der Waals surface area contributed by atoms with E-state index in [1.165, 1.54) is 9.71 Å². The van der Waals surface area contributed by atoms with Crippen molar-refractivity contribution in [2.75, 3.05) is 32.8 Å². The van der Waals surface area contributed by atoms with Crippen LogP contribution in [0.15, 0.2) is 66.1 Å². The Labute approximate surface area is 172 Å². The lowest BCUT2D eigenvalue weighted by Gasteiger charge is -2.33. The molecule has 0 bridgehead atoms. The molecule has 1 saturated heterocycles. The summed E-state index contributed by atoms with van der Waals surface area (Å²) in [4.78, 5) is 14.1. The Morgan fingerprint density at radius 2 is 1.55 bits per heavy atom. The summed E-state index contributed by atoms with van der Waals surface area (Å²) in [6, 6.07) is 18.8. The third-order valence-electron chi connectivity index (χ3n) is 4.73. The smallest absolute Gasteiger partial charge is 0.236 e. The Balaban J connectivity index is 1.41. The van der Waals surface area contributed by atoms with E-state index in [4.69, 9.17) is 4.74 Å². The molecule has 154 valence electrons.